The molecule has 4 rings (SSSR count). The van der Waals surface area contributed by atoms with E-state index in [2.05, 4.69) is 5.32 Å². The second-order valence-electron chi connectivity index (χ2n) is 4.39. The molecule has 4 aliphatic rings. The van der Waals surface area contributed by atoms with Crippen LogP contribution in [-0.2, 0) is 4.79 Å². The first-order valence-corrected chi connectivity index (χ1v) is 5.05. The molecule has 4 bridgehead atoms. The summed E-state index contributed by atoms with van der Waals surface area (Å²) in [6.07, 6.45) is 1.26. The van der Waals surface area contributed by atoms with Gasteiger partial charge in [0.1, 0.15) is 0 Å². The molecule has 0 aromatic heterocycles. The van der Waals surface area contributed by atoms with Gasteiger partial charge >= 0.3 is 0 Å². The minimum absolute atomic E-state index is 0.0991. The van der Waals surface area contributed by atoms with Crippen molar-refractivity contribution in [3.8, 4) is 0 Å². The average molecular weight is 186 g/mol. The summed E-state index contributed by atoms with van der Waals surface area (Å²) in [5.74, 6) is 3.02. The van der Waals surface area contributed by atoms with E-state index in [1.165, 1.54) is 6.42 Å². The van der Waals surface area contributed by atoms with Crippen LogP contribution < -0.4 is 5.32 Å². The molecule has 1 amide bonds. The summed E-state index contributed by atoms with van der Waals surface area (Å²) >= 11 is 6.22. The van der Waals surface area contributed by atoms with Crippen molar-refractivity contribution in [1.82, 2.24) is 5.32 Å². The maximum Gasteiger partial charge on any atom is 0.217 e. The molecule has 4 saturated carbocycles. The Kier molecular flexibility index (Phi) is 1.19. The summed E-state index contributed by atoms with van der Waals surface area (Å²) in [6.45, 7) is 1.59. The number of halogens is 1. The zero-order valence-corrected chi connectivity index (χ0v) is 7.71. The molecule has 1 N–H and O–H groups in total. The smallest absolute Gasteiger partial charge is 0.217 e. The molecule has 2 nitrogen and oxygen atoms in total. The molecule has 0 saturated heterocycles. The van der Waals surface area contributed by atoms with Gasteiger partial charge in [0.25, 0.3) is 0 Å². The number of amides is 1. The van der Waals surface area contributed by atoms with Gasteiger partial charge in [0.15, 0.2) is 0 Å². The molecular weight excluding hydrogens is 174 g/mol. The lowest BCUT2D eigenvalue weighted by molar-refractivity contribution is -0.119. The van der Waals surface area contributed by atoms with Gasteiger partial charge in [0, 0.05) is 18.3 Å². The fourth-order valence-electron chi connectivity index (χ4n) is 3.49. The standard InChI is InChI=1S/C9H12ClNO/c1-3(12)11-9-5-2-4-6(7(4)9)8(5)10/h4-9H,2H2,1H3,(H,11,12)/t4-,5+,6?,7?,8+,9+/m1/s1. The van der Waals surface area contributed by atoms with Gasteiger partial charge in [-0.1, -0.05) is 0 Å². The first-order chi connectivity index (χ1) is 5.70. The van der Waals surface area contributed by atoms with Gasteiger partial charge in [-0.15, -0.1) is 11.6 Å². The molecule has 12 heavy (non-hydrogen) atoms. The van der Waals surface area contributed by atoms with Crippen molar-refractivity contribution < 1.29 is 4.79 Å². The van der Waals surface area contributed by atoms with Crippen molar-refractivity contribution in [2.45, 2.75) is 24.8 Å². The number of nitrogens with one attached hydrogen (secondary N) is 1. The summed E-state index contributed by atoms with van der Waals surface area (Å²) in [4.78, 5) is 10.9. The molecule has 0 aliphatic heterocycles. The normalized spacial score (nSPS) is 58.8. The number of carbonyl (C=O) groups excluding carboxylic acids is 1. The summed E-state index contributed by atoms with van der Waals surface area (Å²) in [5.41, 5.74) is 0. The highest BCUT2D eigenvalue weighted by molar-refractivity contribution is 6.22. The van der Waals surface area contributed by atoms with Crippen LogP contribution in [-0.4, -0.2) is 17.3 Å². The van der Waals surface area contributed by atoms with Crippen molar-refractivity contribution in [3.63, 3.8) is 0 Å². The number of hydrogen-bond donors (Lipinski definition) is 1. The Labute approximate surface area is 76.7 Å². The predicted octanol–water partition coefficient (Wildman–Crippen LogP) is 0.994. The van der Waals surface area contributed by atoms with Crippen molar-refractivity contribution in [2.24, 2.45) is 23.7 Å². The predicted molar refractivity (Wildman–Crippen MR) is 45.8 cm³/mol. The second kappa shape index (κ2) is 1.98. The number of alkyl halides is 1. The van der Waals surface area contributed by atoms with E-state index in [9.17, 15) is 4.79 Å². The number of carbonyl (C=O) groups is 1. The third kappa shape index (κ3) is 0.657. The van der Waals surface area contributed by atoms with Crippen LogP contribution in [0.15, 0.2) is 0 Å². The molecule has 0 heterocycles. The Morgan fingerprint density at radius 1 is 1.42 bits per heavy atom. The van der Waals surface area contributed by atoms with Gasteiger partial charge in [0.2, 0.25) is 5.91 Å². The molecule has 2 unspecified atom stereocenters. The Hall–Kier alpha value is -0.240. The van der Waals surface area contributed by atoms with E-state index in [-0.39, 0.29) is 5.91 Å². The highest BCUT2D eigenvalue weighted by Crippen LogP contribution is 2.71. The maximum atomic E-state index is 10.9. The first kappa shape index (κ1) is 7.19. The Morgan fingerprint density at radius 2 is 2.17 bits per heavy atom. The van der Waals surface area contributed by atoms with E-state index >= 15 is 0 Å². The van der Waals surface area contributed by atoms with Crippen LogP contribution in [0.1, 0.15) is 13.3 Å². The minimum atomic E-state index is 0.0991. The maximum absolute atomic E-state index is 10.9. The molecule has 0 aromatic rings. The molecule has 4 aliphatic carbocycles. The van der Waals surface area contributed by atoms with Crippen LogP contribution in [0.5, 0.6) is 0 Å². The average Bonchev–Trinajstić information content (AvgIpc) is 2.34. The second-order valence-corrected chi connectivity index (χ2v) is 4.89. The summed E-state index contributed by atoms with van der Waals surface area (Å²) < 4.78 is 0. The van der Waals surface area contributed by atoms with Crippen molar-refractivity contribution in [3.05, 3.63) is 0 Å². The fourth-order valence-corrected chi connectivity index (χ4v) is 4.11. The molecule has 4 fully saturated rings. The molecule has 6 atom stereocenters. The Morgan fingerprint density at radius 3 is 2.50 bits per heavy atom. The molecule has 0 aromatic carbocycles. The number of rotatable bonds is 1. The summed E-state index contributed by atoms with van der Waals surface area (Å²) in [7, 11) is 0. The van der Waals surface area contributed by atoms with Crippen LogP contribution in [0.2, 0.25) is 0 Å². The molecule has 0 radical (unpaired) electrons. The van der Waals surface area contributed by atoms with E-state index in [4.69, 9.17) is 11.6 Å². The van der Waals surface area contributed by atoms with Gasteiger partial charge in [0.05, 0.1) is 0 Å². The summed E-state index contributed by atoms with van der Waals surface area (Å²) in [5, 5.41) is 3.39. The largest absolute Gasteiger partial charge is 0.353 e. The van der Waals surface area contributed by atoms with Crippen LogP contribution in [0.4, 0.5) is 0 Å². The quantitative estimate of drug-likeness (QED) is 0.607. The fraction of sp³-hybridized carbons (Fsp3) is 0.889. The van der Waals surface area contributed by atoms with Gasteiger partial charge < -0.3 is 5.32 Å². The van der Waals surface area contributed by atoms with E-state index in [0.29, 0.717) is 17.3 Å². The van der Waals surface area contributed by atoms with E-state index in [0.717, 1.165) is 17.8 Å². The van der Waals surface area contributed by atoms with Gasteiger partial charge in [-0.2, -0.15) is 0 Å². The zero-order valence-electron chi connectivity index (χ0n) is 6.96. The van der Waals surface area contributed by atoms with Gasteiger partial charge in [-0.25, -0.2) is 0 Å². The van der Waals surface area contributed by atoms with E-state index in [1.54, 1.807) is 6.92 Å². The van der Waals surface area contributed by atoms with Crippen LogP contribution >= 0.6 is 11.6 Å². The molecular formula is C9H12ClNO. The van der Waals surface area contributed by atoms with Crippen LogP contribution in [0.3, 0.4) is 0 Å². The van der Waals surface area contributed by atoms with Crippen LogP contribution in [0, 0.1) is 23.7 Å². The van der Waals surface area contributed by atoms with Gasteiger partial charge in [-0.05, 0) is 30.1 Å². The Bertz CT molecular complexity index is 255. The lowest BCUT2D eigenvalue weighted by atomic mass is 10.1. The molecule has 66 valence electrons. The highest BCUT2D eigenvalue weighted by atomic mass is 35.5. The monoisotopic (exact) mass is 185 g/mol. The zero-order chi connectivity index (χ0) is 8.46. The van der Waals surface area contributed by atoms with Crippen molar-refractivity contribution in [2.75, 3.05) is 0 Å². The Balaban J connectivity index is 1.80. The van der Waals surface area contributed by atoms with Gasteiger partial charge in [-0.3, -0.25) is 4.79 Å². The van der Waals surface area contributed by atoms with E-state index < -0.39 is 0 Å². The van der Waals surface area contributed by atoms with Crippen LogP contribution in [0.25, 0.3) is 0 Å². The highest BCUT2D eigenvalue weighted by Gasteiger charge is 2.73. The third-order valence-corrected chi connectivity index (χ3v) is 4.47. The lowest BCUT2D eigenvalue weighted by Gasteiger charge is -2.16. The van der Waals surface area contributed by atoms with Crippen molar-refractivity contribution >= 4 is 17.5 Å². The summed E-state index contributed by atoms with van der Waals surface area (Å²) in [6, 6.07) is 0.417. The van der Waals surface area contributed by atoms with E-state index in [1.807, 2.05) is 0 Å². The van der Waals surface area contributed by atoms with Crippen molar-refractivity contribution in [1.29, 1.82) is 0 Å². The first-order valence-electron chi connectivity index (χ1n) is 4.61. The molecule has 3 heteroatoms. The SMILES string of the molecule is CC(=O)N[C@@H]1C2C3[C@H]2C[C@H]1[C@@H]3Cl. The lowest BCUT2D eigenvalue weighted by Crippen LogP contribution is -2.37. The minimum Gasteiger partial charge on any atom is -0.353 e. The number of hydrogen-bond acceptors (Lipinski definition) is 1. The molecule has 0 spiro atoms. The topological polar surface area (TPSA) is 29.1 Å². The third-order valence-electron chi connectivity index (χ3n) is 3.86.